The fourth-order valence-corrected chi connectivity index (χ4v) is 2.32. The third kappa shape index (κ3) is 5.82. The molecule has 0 fully saturated rings. The number of carbonyl (C=O) groups is 1. The van der Waals surface area contributed by atoms with Gasteiger partial charge in [0.15, 0.2) is 9.84 Å². The molecule has 0 heterocycles. The number of amides is 1. The fourth-order valence-electron chi connectivity index (χ4n) is 1.34. The Morgan fingerprint density at radius 2 is 1.67 bits per heavy atom. The molecule has 1 N–H and O–H groups in total. The minimum Gasteiger partial charge on any atom is -0.354 e. The Hall–Kier alpha value is -0.620. The average Bonchev–Trinajstić information content (AvgIpc) is 2.24. The summed E-state index contributed by atoms with van der Waals surface area (Å²) in [7, 11) is -3.16. The molecule has 5 nitrogen and oxygen atoms in total. The molecule has 0 spiro atoms. The molecular weight excluding hydrogens is 252 g/mol. The zero-order chi connectivity index (χ0) is 14.4. The van der Waals surface area contributed by atoms with E-state index in [1.165, 1.54) is 0 Å². The van der Waals surface area contributed by atoms with Gasteiger partial charge in [-0.1, -0.05) is 13.8 Å². The molecule has 0 radical (unpaired) electrons. The number of sulfone groups is 1. The Morgan fingerprint density at radius 1 is 1.17 bits per heavy atom. The first-order chi connectivity index (χ1) is 8.14. The lowest BCUT2D eigenvalue weighted by molar-refractivity contribution is -0.122. The molecule has 18 heavy (non-hydrogen) atoms. The van der Waals surface area contributed by atoms with E-state index in [0.717, 1.165) is 13.1 Å². The molecule has 0 aliphatic carbocycles. The van der Waals surface area contributed by atoms with E-state index < -0.39 is 14.6 Å². The van der Waals surface area contributed by atoms with Crippen molar-refractivity contribution in [3.05, 3.63) is 0 Å². The molecule has 0 unspecified atom stereocenters. The van der Waals surface area contributed by atoms with Crippen molar-refractivity contribution in [2.45, 2.75) is 39.4 Å². The van der Waals surface area contributed by atoms with Crippen LogP contribution in [0.25, 0.3) is 0 Å². The predicted molar refractivity (Wildman–Crippen MR) is 74.3 cm³/mol. The SMILES string of the molecule is CCN(CC)CC(=O)NCCS(=O)(=O)C(C)(C)C. The Bertz CT molecular complexity index is 354. The van der Waals surface area contributed by atoms with Crippen molar-refractivity contribution in [1.29, 1.82) is 0 Å². The van der Waals surface area contributed by atoms with E-state index in [4.69, 9.17) is 0 Å². The molecule has 0 aliphatic heterocycles. The van der Waals surface area contributed by atoms with Crippen molar-refractivity contribution in [3.63, 3.8) is 0 Å². The minimum absolute atomic E-state index is 0.0134. The smallest absolute Gasteiger partial charge is 0.234 e. The molecule has 0 atom stereocenters. The summed E-state index contributed by atoms with van der Waals surface area (Å²) in [5.41, 5.74) is 0. The van der Waals surface area contributed by atoms with Crippen LogP contribution >= 0.6 is 0 Å². The molecule has 0 rings (SSSR count). The lowest BCUT2D eigenvalue weighted by Gasteiger charge is -2.20. The summed E-state index contributed by atoms with van der Waals surface area (Å²) in [6.07, 6.45) is 0. The highest BCUT2D eigenvalue weighted by Crippen LogP contribution is 2.15. The van der Waals surface area contributed by atoms with Crippen LogP contribution in [0.1, 0.15) is 34.6 Å². The molecule has 0 aromatic carbocycles. The van der Waals surface area contributed by atoms with E-state index >= 15 is 0 Å². The summed E-state index contributed by atoms with van der Waals surface area (Å²) in [6.45, 7) is 11.1. The molecule has 108 valence electrons. The van der Waals surface area contributed by atoms with Crippen molar-refractivity contribution in [1.82, 2.24) is 10.2 Å². The molecule has 0 aromatic rings. The Balaban J connectivity index is 4.10. The first kappa shape index (κ1) is 17.4. The summed E-state index contributed by atoms with van der Waals surface area (Å²) >= 11 is 0. The molecule has 0 bridgehead atoms. The third-order valence-electron chi connectivity index (χ3n) is 2.89. The topological polar surface area (TPSA) is 66.5 Å². The summed E-state index contributed by atoms with van der Waals surface area (Å²) in [4.78, 5) is 13.5. The van der Waals surface area contributed by atoms with E-state index in [1.807, 2.05) is 18.7 Å². The van der Waals surface area contributed by atoms with Crippen LogP contribution in [0.4, 0.5) is 0 Å². The van der Waals surface area contributed by atoms with Crippen LogP contribution in [-0.2, 0) is 14.6 Å². The van der Waals surface area contributed by atoms with E-state index in [-0.39, 0.29) is 18.2 Å². The maximum Gasteiger partial charge on any atom is 0.234 e. The van der Waals surface area contributed by atoms with E-state index in [0.29, 0.717) is 6.54 Å². The highest BCUT2D eigenvalue weighted by atomic mass is 32.2. The van der Waals surface area contributed by atoms with Crippen molar-refractivity contribution < 1.29 is 13.2 Å². The molecule has 0 aromatic heterocycles. The van der Waals surface area contributed by atoms with Gasteiger partial charge >= 0.3 is 0 Å². The van der Waals surface area contributed by atoms with Gasteiger partial charge in [-0.15, -0.1) is 0 Å². The highest BCUT2D eigenvalue weighted by Gasteiger charge is 2.28. The van der Waals surface area contributed by atoms with Crippen LogP contribution in [0.3, 0.4) is 0 Å². The van der Waals surface area contributed by atoms with E-state index in [1.54, 1.807) is 20.8 Å². The van der Waals surface area contributed by atoms with Crippen molar-refractivity contribution in [3.8, 4) is 0 Å². The number of hydrogen-bond acceptors (Lipinski definition) is 4. The summed E-state index contributed by atoms with van der Waals surface area (Å²) in [5, 5.41) is 2.65. The van der Waals surface area contributed by atoms with Crippen molar-refractivity contribution in [2.24, 2.45) is 0 Å². The maximum absolute atomic E-state index is 11.8. The molecule has 0 saturated heterocycles. The quantitative estimate of drug-likeness (QED) is 0.743. The lowest BCUT2D eigenvalue weighted by Crippen LogP contribution is -2.40. The average molecular weight is 278 g/mol. The van der Waals surface area contributed by atoms with E-state index in [2.05, 4.69) is 5.32 Å². The number of carbonyl (C=O) groups excluding carboxylic acids is 1. The van der Waals surface area contributed by atoms with Gasteiger partial charge in [-0.3, -0.25) is 9.69 Å². The largest absolute Gasteiger partial charge is 0.354 e. The minimum atomic E-state index is -3.16. The number of nitrogens with one attached hydrogen (secondary N) is 1. The van der Waals surface area contributed by atoms with Crippen molar-refractivity contribution >= 4 is 15.7 Å². The third-order valence-corrected chi connectivity index (χ3v) is 5.50. The summed E-state index contributed by atoms with van der Waals surface area (Å²) < 4.78 is 22.8. The van der Waals surface area contributed by atoms with Gasteiger partial charge in [-0.25, -0.2) is 8.42 Å². The van der Waals surface area contributed by atoms with Crippen LogP contribution in [0, 0.1) is 0 Å². The normalized spacial score (nSPS) is 12.8. The van der Waals surface area contributed by atoms with Gasteiger partial charge in [-0.05, 0) is 33.9 Å². The number of likely N-dealkylation sites (N-methyl/N-ethyl adjacent to an activating group) is 1. The second kappa shape index (κ2) is 7.09. The molecule has 6 heteroatoms. The van der Waals surface area contributed by atoms with Crippen LogP contribution in [-0.4, -0.2) is 55.9 Å². The van der Waals surface area contributed by atoms with Gasteiger partial charge in [-0.2, -0.15) is 0 Å². The van der Waals surface area contributed by atoms with Gasteiger partial charge in [0.2, 0.25) is 5.91 Å². The van der Waals surface area contributed by atoms with Crippen LogP contribution in [0.2, 0.25) is 0 Å². The second-order valence-corrected chi connectivity index (χ2v) is 8.11. The molecule has 0 saturated carbocycles. The van der Waals surface area contributed by atoms with Crippen LogP contribution in [0.15, 0.2) is 0 Å². The number of nitrogens with zero attached hydrogens (tertiary/aromatic N) is 1. The predicted octanol–water partition coefficient (Wildman–Crippen LogP) is 0.658. The van der Waals surface area contributed by atoms with Gasteiger partial charge in [0.05, 0.1) is 17.0 Å². The van der Waals surface area contributed by atoms with E-state index in [9.17, 15) is 13.2 Å². The number of hydrogen-bond donors (Lipinski definition) is 1. The van der Waals surface area contributed by atoms with Gasteiger partial charge in [0.1, 0.15) is 0 Å². The van der Waals surface area contributed by atoms with Crippen LogP contribution < -0.4 is 5.32 Å². The molecule has 1 amide bonds. The second-order valence-electron chi connectivity index (χ2n) is 5.24. The standard InChI is InChI=1S/C12H26N2O3S/c1-6-14(7-2)10-11(15)13-8-9-18(16,17)12(3,4)5/h6-10H2,1-5H3,(H,13,15). The monoisotopic (exact) mass is 278 g/mol. The van der Waals surface area contributed by atoms with Gasteiger partial charge < -0.3 is 5.32 Å². The lowest BCUT2D eigenvalue weighted by atomic mass is 10.3. The first-order valence-electron chi connectivity index (χ1n) is 6.35. The first-order valence-corrected chi connectivity index (χ1v) is 8.00. The summed E-state index contributed by atoms with van der Waals surface area (Å²) in [5.74, 6) is -0.136. The fraction of sp³-hybridized carbons (Fsp3) is 0.917. The van der Waals surface area contributed by atoms with Crippen LogP contribution in [0.5, 0.6) is 0 Å². The highest BCUT2D eigenvalue weighted by molar-refractivity contribution is 7.92. The van der Waals surface area contributed by atoms with Gasteiger partial charge in [0.25, 0.3) is 0 Å². The van der Waals surface area contributed by atoms with Crippen molar-refractivity contribution in [2.75, 3.05) is 31.9 Å². The number of rotatable bonds is 7. The Kier molecular flexibility index (Phi) is 6.84. The molecule has 0 aliphatic rings. The van der Waals surface area contributed by atoms with Gasteiger partial charge in [0, 0.05) is 6.54 Å². The maximum atomic E-state index is 11.8. The summed E-state index contributed by atoms with van der Waals surface area (Å²) in [6, 6.07) is 0. The zero-order valence-electron chi connectivity index (χ0n) is 12.1. The Labute approximate surface area is 111 Å². The molecular formula is C12H26N2O3S. The Morgan fingerprint density at radius 3 is 2.06 bits per heavy atom. The zero-order valence-corrected chi connectivity index (χ0v) is 12.9.